The van der Waals surface area contributed by atoms with Gasteiger partial charge in [-0.2, -0.15) is 0 Å². The highest BCUT2D eigenvalue weighted by Crippen LogP contribution is 2.25. The molecule has 114 valence electrons. The van der Waals surface area contributed by atoms with Crippen LogP contribution in [0.4, 0.5) is 0 Å². The van der Waals surface area contributed by atoms with Crippen molar-refractivity contribution < 1.29 is 9.53 Å². The number of nitrogens with one attached hydrogen (secondary N) is 1. The Morgan fingerprint density at radius 3 is 2.65 bits per heavy atom. The quantitative estimate of drug-likeness (QED) is 0.843. The zero-order valence-electron chi connectivity index (χ0n) is 12.3. The van der Waals surface area contributed by atoms with E-state index in [4.69, 9.17) is 4.74 Å². The maximum Gasteiger partial charge on any atom is 0.257 e. The van der Waals surface area contributed by atoms with Crippen LogP contribution < -0.4 is 10.1 Å². The molecule has 0 heterocycles. The van der Waals surface area contributed by atoms with E-state index in [1.54, 1.807) is 18.0 Å². The van der Waals surface area contributed by atoms with Gasteiger partial charge >= 0.3 is 0 Å². The van der Waals surface area contributed by atoms with E-state index < -0.39 is 0 Å². The molecule has 0 aliphatic heterocycles. The van der Waals surface area contributed by atoms with E-state index in [-0.39, 0.29) is 24.4 Å². The number of hydrogen-bond acceptors (Lipinski definition) is 3. The molecule has 1 N–H and O–H groups in total. The smallest absolute Gasteiger partial charge is 0.257 e. The van der Waals surface area contributed by atoms with Crippen LogP contribution in [0.3, 0.4) is 0 Å². The van der Waals surface area contributed by atoms with Crippen LogP contribution in [-0.4, -0.2) is 44.1 Å². The van der Waals surface area contributed by atoms with E-state index in [1.807, 2.05) is 33.0 Å². The Morgan fingerprint density at radius 1 is 1.45 bits per heavy atom. The van der Waals surface area contributed by atoms with Gasteiger partial charge in [0.15, 0.2) is 0 Å². The van der Waals surface area contributed by atoms with Crippen molar-refractivity contribution in [3.8, 4) is 5.75 Å². The van der Waals surface area contributed by atoms with E-state index in [0.29, 0.717) is 17.9 Å². The van der Waals surface area contributed by atoms with Crippen LogP contribution in [-0.2, 0) is 0 Å². The molecule has 20 heavy (non-hydrogen) atoms. The fourth-order valence-corrected chi connectivity index (χ4v) is 1.95. The van der Waals surface area contributed by atoms with Gasteiger partial charge in [-0.05, 0) is 39.1 Å². The third-order valence-corrected chi connectivity index (χ3v) is 3.07. The second kappa shape index (κ2) is 9.21. The van der Waals surface area contributed by atoms with Crippen molar-refractivity contribution in [3.05, 3.63) is 28.2 Å². The Hall–Kier alpha value is -0.780. The van der Waals surface area contributed by atoms with Gasteiger partial charge in [-0.1, -0.05) is 15.9 Å². The Kier molecular flexibility index (Phi) is 8.85. The number of carbonyl (C=O) groups is 1. The molecule has 6 heteroatoms. The van der Waals surface area contributed by atoms with Crippen molar-refractivity contribution in [3.63, 3.8) is 0 Å². The Bertz CT molecular complexity index is 441. The summed E-state index contributed by atoms with van der Waals surface area (Å²) in [7, 11) is 3.66. The number of nitrogens with zero attached hydrogens (tertiary/aromatic N) is 1. The van der Waals surface area contributed by atoms with Crippen molar-refractivity contribution in [2.75, 3.05) is 27.2 Å². The zero-order chi connectivity index (χ0) is 14.4. The largest absolute Gasteiger partial charge is 0.490 e. The summed E-state index contributed by atoms with van der Waals surface area (Å²) in [4.78, 5) is 14.1. The summed E-state index contributed by atoms with van der Waals surface area (Å²) in [6, 6.07) is 5.48. The summed E-state index contributed by atoms with van der Waals surface area (Å²) < 4.78 is 6.61. The predicted molar refractivity (Wildman–Crippen MR) is 88.0 cm³/mol. The van der Waals surface area contributed by atoms with Crippen LogP contribution >= 0.6 is 28.3 Å². The van der Waals surface area contributed by atoms with Crippen LogP contribution in [0.2, 0.25) is 0 Å². The number of amides is 1. The molecule has 0 fully saturated rings. The lowest BCUT2D eigenvalue weighted by Gasteiger charge is -2.20. The van der Waals surface area contributed by atoms with Crippen molar-refractivity contribution in [1.82, 2.24) is 10.2 Å². The van der Waals surface area contributed by atoms with E-state index in [9.17, 15) is 4.79 Å². The van der Waals surface area contributed by atoms with Crippen molar-refractivity contribution in [1.29, 1.82) is 0 Å². The van der Waals surface area contributed by atoms with E-state index in [0.717, 1.165) is 11.0 Å². The van der Waals surface area contributed by atoms with Crippen LogP contribution in [0.1, 0.15) is 24.2 Å². The average Bonchev–Trinajstić information content (AvgIpc) is 2.34. The first-order valence-corrected chi connectivity index (χ1v) is 7.11. The van der Waals surface area contributed by atoms with Crippen LogP contribution in [0.15, 0.2) is 22.7 Å². The molecular formula is C14H22BrClN2O2. The fourth-order valence-electron chi connectivity index (χ4n) is 1.61. The third-order valence-electron chi connectivity index (χ3n) is 2.58. The van der Waals surface area contributed by atoms with Crippen molar-refractivity contribution in [2.24, 2.45) is 0 Å². The first kappa shape index (κ1) is 19.2. The lowest BCUT2D eigenvalue weighted by molar-refractivity contribution is 0.0790. The SMILES string of the molecule is CNCCN(C)C(=O)c1ccc(Br)cc1OC(C)C.Cl. The number of carbonyl (C=O) groups excluding carboxylic acids is 1. The van der Waals surface area contributed by atoms with Gasteiger partial charge < -0.3 is 15.0 Å². The lowest BCUT2D eigenvalue weighted by atomic mass is 10.1. The first-order chi connectivity index (χ1) is 8.95. The molecule has 1 aromatic rings. The Labute approximate surface area is 135 Å². The van der Waals surface area contributed by atoms with E-state index in [1.165, 1.54) is 0 Å². The van der Waals surface area contributed by atoms with Gasteiger partial charge in [0.2, 0.25) is 0 Å². The molecule has 0 bridgehead atoms. The number of halogens is 2. The summed E-state index contributed by atoms with van der Waals surface area (Å²) in [5.74, 6) is 0.587. The zero-order valence-corrected chi connectivity index (χ0v) is 14.7. The molecule has 1 rings (SSSR count). The van der Waals surface area contributed by atoms with Gasteiger partial charge in [0.25, 0.3) is 5.91 Å². The van der Waals surface area contributed by atoms with Gasteiger partial charge in [0.1, 0.15) is 5.75 Å². The molecule has 0 atom stereocenters. The molecule has 1 aromatic carbocycles. The highest BCUT2D eigenvalue weighted by Gasteiger charge is 2.17. The van der Waals surface area contributed by atoms with Gasteiger partial charge in [0.05, 0.1) is 11.7 Å². The minimum absolute atomic E-state index is 0. The van der Waals surface area contributed by atoms with E-state index >= 15 is 0 Å². The second-order valence-electron chi connectivity index (χ2n) is 4.64. The normalized spacial score (nSPS) is 10.1. The minimum Gasteiger partial charge on any atom is -0.490 e. The molecule has 0 aromatic heterocycles. The molecule has 0 aliphatic rings. The van der Waals surface area contributed by atoms with Gasteiger partial charge in [-0.25, -0.2) is 0 Å². The predicted octanol–water partition coefficient (Wildman–Crippen LogP) is 2.95. The molecule has 4 nitrogen and oxygen atoms in total. The number of hydrogen-bond donors (Lipinski definition) is 1. The van der Waals surface area contributed by atoms with E-state index in [2.05, 4.69) is 21.2 Å². The standard InChI is InChI=1S/C14H21BrN2O2.ClH/c1-10(2)19-13-9-11(15)5-6-12(13)14(18)17(4)8-7-16-3;/h5-6,9-10,16H,7-8H2,1-4H3;1H. The molecule has 0 radical (unpaired) electrons. The number of ether oxygens (including phenoxy) is 1. The van der Waals surface area contributed by atoms with Crippen LogP contribution in [0.5, 0.6) is 5.75 Å². The first-order valence-electron chi connectivity index (χ1n) is 6.32. The molecule has 0 spiro atoms. The summed E-state index contributed by atoms with van der Waals surface area (Å²) in [5.41, 5.74) is 0.593. The van der Waals surface area contributed by atoms with Crippen LogP contribution in [0.25, 0.3) is 0 Å². The molecule has 0 unspecified atom stereocenters. The lowest BCUT2D eigenvalue weighted by Crippen LogP contribution is -2.33. The number of likely N-dealkylation sites (N-methyl/N-ethyl adjacent to an activating group) is 2. The Morgan fingerprint density at radius 2 is 2.10 bits per heavy atom. The van der Waals surface area contributed by atoms with Crippen molar-refractivity contribution in [2.45, 2.75) is 20.0 Å². The van der Waals surface area contributed by atoms with Crippen molar-refractivity contribution >= 4 is 34.2 Å². The summed E-state index contributed by atoms with van der Waals surface area (Å²) >= 11 is 3.40. The summed E-state index contributed by atoms with van der Waals surface area (Å²) in [6.45, 7) is 5.31. The Balaban J connectivity index is 0.00000361. The topological polar surface area (TPSA) is 41.6 Å². The summed E-state index contributed by atoms with van der Waals surface area (Å²) in [5, 5.41) is 3.03. The maximum absolute atomic E-state index is 12.4. The molecule has 1 amide bonds. The van der Waals surface area contributed by atoms with Gasteiger partial charge in [0, 0.05) is 24.6 Å². The van der Waals surface area contributed by atoms with Crippen LogP contribution in [0, 0.1) is 0 Å². The second-order valence-corrected chi connectivity index (χ2v) is 5.55. The highest BCUT2D eigenvalue weighted by atomic mass is 79.9. The fraction of sp³-hybridized carbons (Fsp3) is 0.500. The van der Waals surface area contributed by atoms with Gasteiger partial charge in [-0.15, -0.1) is 12.4 Å². The number of benzene rings is 1. The maximum atomic E-state index is 12.4. The molecule has 0 saturated heterocycles. The van der Waals surface area contributed by atoms with Gasteiger partial charge in [-0.3, -0.25) is 4.79 Å². The molecule has 0 aliphatic carbocycles. The highest BCUT2D eigenvalue weighted by molar-refractivity contribution is 9.10. The summed E-state index contributed by atoms with van der Waals surface area (Å²) in [6.07, 6.45) is 0.0310. The molecule has 0 saturated carbocycles. The minimum atomic E-state index is -0.0293. The average molecular weight is 366 g/mol. The monoisotopic (exact) mass is 364 g/mol. The number of rotatable bonds is 6. The third kappa shape index (κ3) is 5.69. The molecular weight excluding hydrogens is 344 g/mol.